The molecule has 6 nitrogen and oxygen atoms in total. The maximum Gasteiger partial charge on any atom is 0.310 e. The topological polar surface area (TPSA) is 76.1 Å². The van der Waals surface area contributed by atoms with Crippen LogP contribution in [0, 0.1) is 5.92 Å². The van der Waals surface area contributed by atoms with E-state index in [2.05, 4.69) is 15.9 Å². The van der Waals surface area contributed by atoms with Gasteiger partial charge in [0.2, 0.25) is 0 Å². The maximum absolute atomic E-state index is 12.2. The van der Waals surface area contributed by atoms with Gasteiger partial charge in [0.1, 0.15) is 16.0 Å². The number of carboxylic acids is 1. The van der Waals surface area contributed by atoms with Gasteiger partial charge in [-0.2, -0.15) is 0 Å². The maximum atomic E-state index is 12.2. The van der Waals surface area contributed by atoms with Crippen LogP contribution in [0.1, 0.15) is 10.4 Å². The van der Waals surface area contributed by atoms with Crippen LogP contribution in [0.4, 0.5) is 0 Å². The van der Waals surface area contributed by atoms with E-state index >= 15 is 0 Å². The molecule has 1 saturated heterocycles. The Morgan fingerprint density at radius 2 is 1.75 bits per heavy atom. The molecule has 20 heavy (non-hydrogen) atoms. The second kappa shape index (κ2) is 5.70. The Balaban J connectivity index is 2.21. The first-order valence-corrected chi connectivity index (χ1v) is 6.70. The van der Waals surface area contributed by atoms with Gasteiger partial charge in [0, 0.05) is 18.7 Å². The Hall–Kier alpha value is -1.76. The van der Waals surface area contributed by atoms with Crippen molar-refractivity contribution < 1.29 is 24.2 Å². The fourth-order valence-electron chi connectivity index (χ4n) is 1.98. The number of hydrogen-bond donors (Lipinski definition) is 1. The van der Waals surface area contributed by atoms with E-state index in [4.69, 9.17) is 14.6 Å². The SMILES string of the molecule is COc1cc(C(=O)N2CC(C(=O)O)C2)cc(OC)c1Br. The fourth-order valence-corrected chi connectivity index (χ4v) is 2.53. The summed E-state index contributed by atoms with van der Waals surface area (Å²) in [6, 6.07) is 3.20. The summed E-state index contributed by atoms with van der Waals surface area (Å²) in [4.78, 5) is 24.5. The molecule has 0 atom stereocenters. The van der Waals surface area contributed by atoms with Crippen LogP contribution in [-0.4, -0.2) is 49.2 Å². The molecule has 0 saturated carbocycles. The number of rotatable bonds is 4. The third kappa shape index (κ3) is 2.58. The van der Waals surface area contributed by atoms with Gasteiger partial charge >= 0.3 is 5.97 Å². The molecule has 108 valence electrons. The van der Waals surface area contributed by atoms with Crippen LogP contribution in [-0.2, 0) is 4.79 Å². The number of likely N-dealkylation sites (tertiary alicyclic amines) is 1. The molecule has 0 spiro atoms. The molecule has 0 aliphatic carbocycles. The van der Waals surface area contributed by atoms with E-state index < -0.39 is 11.9 Å². The third-order valence-corrected chi connectivity index (χ3v) is 3.99. The minimum absolute atomic E-state index is 0.230. The zero-order valence-electron chi connectivity index (χ0n) is 11.1. The van der Waals surface area contributed by atoms with Gasteiger partial charge in [-0.1, -0.05) is 0 Å². The van der Waals surface area contributed by atoms with Gasteiger partial charge in [0.05, 0.1) is 20.1 Å². The van der Waals surface area contributed by atoms with Crippen molar-refractivity contribution in [2.75, 3.05) is 27.3 Å². The summed E-state index contributed by atoms with van der Waals surface area (Å²) in [5.74, 6) is -0.601. The lowest BCUT2D eigenvalue weighted by atomic mass is 9.99. The molecule has 1 amide bonds. The van der Waals surface area contributed by atoms with Crippen molar-refractivity contribution in [1.82, 2.24) is 4.90 Å². The largest absolute Gasteiger partial charge is 0.495 e. The number of aliphatic carboxylic acids is 1. The van der Waals surface area contributed by atoms with E-state index in [0.29, 0.717) is 21.5 Å². The van der Waals surface area contributed by atoms with Crippen molar-refractivity contribution in [3.05, 3.63) is 22.2 Å². The first kappa shape index (κ1) is 14.6. The number of carbonyl (C=O) groups is 2. The zero-order chi connectivity index (χ0) is 14.9. The lowest BCUT2D eigenvalue weighted by molar-refractivity contribution is -0.146. The van der Waals surface area contributed by atoms with E-state index in [-0.39, 0.29) is 19.0 Å². The van der Waals surface area contributed by atoms with E-state index in [1.54, 1.807) is 12.1 Å². The number of benzene rings is 1. The second-order valence-corrected chi connectivity index (χ2v) is 5.23. The molecular formula is C13H14BrNO5. The van der Waals surface area contributed by atoms with Crippen molar-refractivity contribution in [3.63, 3.8) is 0 Å². The van der Waals surface area contributed by atoms with E-state index in [0.717, 1.165) is 0 Å². The highest BCUT2D eigenvalue weighted by Gasteiger charge is 2.36. The third-order valence-electron chi connectivity index (χ3n) is 3.21. The van der Waals surface area contributed by atoms with Crippen LogP contribution in [0.2, 0.25) is 0 Å². The minimum Gasteiger partial charge on any atom is -0.495 e. The highest BCUT2D eigenvalue weighted by Crippen LogP contribution is 2.36. The zero-order valence-corrected chi connectivity index (χ0v) is 12.6. The van der Waals surface area contributed by atoms with Crippen LogP contribution in [0.3, 0.4) is 0 Å². The summed E-state index contributed by atoms with van der Waals surface area (Å²) in [6.45, 7) is 0.462. The molecule has 2 rings (SSSR count). The van der Waals surface area contributed by atoms with Crippen LogP contribution >= 0.6 is 15.9 Å². The van der Waals surface area contributed by atoms with Gasteiger partial charge in [-0.15, -0.1) is 0 Å². The number of carbonyl (C=O) groups excluding carboxylic acids is 1. The fraction of sp³-hybridized carbons (Fsp3) is 0.385. The quantitative estimate of drug-likeness (QED) is 0.898. The summed E-state index contributed by atoms with van der Waals surface area (Å²) in [7, 11) is 3.00. The predicted molar refractivity (Wildman–Crippen MR) is 74.3 cm³/mol. The standard InChI is InChI=1S/C13H14BrNO5/c1-19-9-3-7(4-10(20-2)11(9)14)12(16)15-5-8(6-15)13(17)18/h3-4,8H,5-6H2,1-2H3,(H,17,18). The Kier molecular flexibility index (Phi) is 4.17. The Bertz CT molecular complexity index is 529. The van der Waals surface area contributed by atoms with Crippen molar-refractivity contribution >= 4 is 27.8 Å². The van der Waals surface area contributed by atoms with E-state index in [1.807, 2.05) is 0 Å². The Morgan fingerprint density at radius 1 is 1.25 bits per heavy atom. The molecule has 0 unspecified atom stereocenters. The van der Waals surface area contributed by atoms with Crippen LogP contribution in [0.5, 0.6) is 11.5 Å². The normalized spacial score (nSPS) is 14.7. The summed E-state index contributed by atoms with van der Waals surface area (Å²) in [5.41, 5.74) is 0.408. The van der Waals surface area contributed by atoms with Gasteiger partial charge < -0.3 is 19.5 Å². The molecular weight excluding hydrogens is 330 g/mol. The molecule has 0 aromatic heterocycles. The van der Waals surface area contributed by atoms with Crippen LogP contribution in [0.25, 0.3) is 0 Å². The summed E-state index contributed by atoms with van der Waals surface area (Å²) in [6.07, 6.45) is 0. The highest BCUT2D eigenvalue weighted by molar-refractivity contribution is 9.10. The molecule has 1 aromatic carbocycles. The van der Waals surface area contributed by atoms with Gasteiger partial charge in [0.15, 0.2) is 0 Å². The number of amides is 1. The Morgan fingerprint density at radius 3 is 2.15 bits per heavy atom. The van der Waals surface area contributed by atoms with Crippen molar-refractivity contribution in [1.29, 1.82) is 0 Å². The number of nitrogens with zero attached hydrogens (tertiary/aromatic N) is 1. The molecule has 1 aromatic rings. The number of carboxylic acid groups (broad SMARTS) is 1. The first-order chi connectivity index (χ1) is 9.47. The molecule has 1 aliphatic heterocycles. The lowest BCUT2D eigenvalue weighted by Crippen LogP contribution is -2.53. The monoisotopic (exact) mass is 343 g/mol. The number of hydrogen-bond acceptors (Lipinski definition) is 4. The predicted octanol–water partition coefficient (Wildman–Crippen LogP) is 1.62. The van der Waals surface area contributed by atoms with E-state index in [1.165, 1.54) is 19.1 Å². The first-order valence-electron chi connectivity index (χ1n) is 5.91. The molecule has 7 heteroatoms. The average molecular weight is 344 g/mol. The van der Waals surface area contributed by atoms with Gasteiger partial charge in [-0.3, -0.25) is 9.59 Å². The summed E-state index contributed by atoms with van der Waals surface area (Å²) >= 11 is 3.33. The summed E-state index contributed by atoms with van der Waals surface area (Å²) < 4.78 is 11.0. The van der Waals surface area contributed by atoms with Crippen molar-refractivity contribution in [3.8, 4) is 11.5 Å². The number of methoxy groups -OCH3 is 2. The molecule has 1 N–H and O–H groups in total. The van der Waals surface area contributed by atoms with Gasteiger partial charge in [-0.05, 0) is 28.1 Å². The second-order valence-electron chi connectivity index (χ2n) is 4.44. The molecule has 1 aliphatic rings. The Labute approximate surface area is 124 Å². The van der Waals surface area contributed by atoms with Crippen molar-refractivity contribution in [2.45, 2.75) is 0 Å². The van der Waals surface area contributed by atoms with Crippen molar-refractivity contribution in [2.24, 2.45) is 5.92 Å². The number of halogens is 1. The smallest absolute Gasteiger partial charge is 0.310 e. The van der Waals surface area contributed by atoms with Crippen LogP contribution in [0.15, 0.2) is 16.6 Å². The van der Waals surface area contributed by atoms with Crippen LogP contribution < -0.4 is 9.47 Å². The minimum atomic E-state index is -0.875. The average Bonchev–Trinajstić information content (AvgIpc) is 2.36. The highest BCUT2D eigenvalue weighted by atomic mass is 79.9. The van der Waals surface area contributed by atoms with E-state index in [9.17, 15) is 9.59 Å². The summed E-state index contributed by atoms with van der Waals surface area (Å²) in [5, 5.41) is 8.82. The lowest BCUT2D eigenvalue weighted by Gasteiger charge is -2.36. The number of ether oxygens (including phenoxy) is 2. The molecule has 0 bridgehead atoms. The molecule has 1 fully saturated rings. The van der Waals surface area contributed by atoms with Gasteiger partial charge in [0.25, 0.3) is 5.91 Å². The molecule has 0 radical (unpaired) electrons. The molecule has 1 heterocycles. The van der Waals surface area contributed by atoms with Gasteiger partial charge in [-0.25, -0.2) is 0 Å².